The highest BCUT2D eigenvalue weighted by atomic mass is 79.9. The second-order valence-electron chi connectivity index (χ2n) is 10.5. The highest BCUT2D eigenvalue weighted by Gasteiger charge is 2.47. The molecule has 0 aliphatic carbocycles. The third kappa shape index (κ3) is 4.94. The summed E-state index contributed by atoms with van der Waals surface area (Å²) in [4.78, 5) is 27.7. The molecular formula is C33H22BrF5N2O3. The lowest BCUT2D eigenvalue weighted by atomic mass is 9.89. The Labute approximate surface area is 255 Å². The number of hydrogen-bond donors (Lipinski definition) is 1. The van der Waals surface area contributed by atoms with Crippen LogP contribution in [0.3, 0.4) is 0 Å². The number of benzene rings is 4. The zero-order valence-electron chi connectivity index (χ0n) is 22.7. The Hall–Kier alpha value is -4.51. The fraction of sp³-hybridized carbons (Fsp3) is 0.152. The van der Waals surface area contributed by atoms with E-state index in [0.717, 1.165) is 22.8 Å². The number of hydrogen-bond acceptors (Lipinski definition) is 3. The number of carboxylic acid groups (broad SMARTS) is 1. The van der Waals surface area contributed by atoms with E-state index in [2.05, 4.69) is 15.9 Å². The number of rotatable bonds is 6. The average Bonchev–Trinajstić information content (AvgIpc) is 3.38. The van der Waals surface area contributed by atoms with Crippen molar-refractivity contribution in [3.63, 3.8) is 0 Å². The van der Waals surface area contributed by atoms with Crippen molar-refractivity contribution in [3.05, 3.63) is 134 Å². The predicted molar refractivity (Wildman–Crippen MR) is 160 cm³/mol. The molecule has 6 rings (SSSR count). The number of carboxylic acids is 1. The topological polar surface area (TPSA) is 62.5 Å². The van der Waals surface area contributed by atoms with Gasteiger partial charge in [-0.25, -0.2) is 4.79 Å². The van der Waals surface area contributed by atoms with Crippen LogP contribution in [0.25, 0.3) is 21.9 Å². The van der Waals surface area contributed by atoms with Gasteiger partial charge in [-0.3, -0.25) is 9.36 Å². The molecule has 0 saturated carbocycles. The Morgan fingerprint density at radius 2 is 1.55 bits per heavy atom. The average molecular weight is 669 g/mol. The van der Waals surface area contributed by atoms with Gasteiger partial charge in [0.15, 0.2) is 6.04 Å². The zero-order valence-corrected chi connectivity index (χ0v) is 24.2. The molecule has 224 valence electrons. The third-order valence-electron chi connectivity index (χ3n) is 7.75. The van der Waals surface area contributed by atoms with E-state index in [1.807, 2.05) is 0 Å². The lowest BCUT2D eigenvalue weighted by Crippen LogP contribution is -2.31. The van der Waals surface area contributed by atoms with Gasteiger partial charge >= 0.3 is 18.1 Å². The summed E-state index contributed by atoms with van der Waals surface area (Å²) in [5.74, 6) is -5.51. The summed E-state index contributed by atoms with van der Waals surface area (Å²) in [6, 6.07) is 21.8. The number of fused-ring (bicyclic) bond motifs is 2. The molecular weight excluding hydrogens is 647 g/mol. The van der Waals surface area contributed by atoms with Gasteiger partial charge in [-0.2, -0.15) is 22.0 Å². The van der Waals surface area contributed by atoms with Gasteiger partial charge in [0, 0.05) is 17.7 Å². The van der Waals surface area contributed by atoms with Gasteiger partial charge < -0.3 is 10.0 Å². The van der Waals surface area contributed by atoms with Gasteiger partial charge in [0.25, 0.3) is 5.56 Å². The molecule has 0 fully saturated rings. The molecule has 0 radical (unpaired) electrons. The molecule has 0 bridgehead atoms. The lowest BCUT2D eigenvalue weighted by Gasteiger charge is -2.28. The first kappa shape index (κ1) is 29.6. The molecule has 5 nitrogen and oxygen atoms in total. The van der Waals surface area contributed by atoms with Crippen LogP contribution < -0.4 is 10.5 Å². The van der Waals surface area contributed by atoms with Crippen molar-refractivity contribution in [2.45, 2.75) is 24.7 Å². The summed E-state index contributed by atoms with van der Waals surface area (Å²) in [5, 5.41) is 10.8. The van der Waals surface area contributed by atoms with Crippen LogP contribution in [0.4, 0.5) is 27.8 Å². The maximum Gasteiger partial charge on any atom is 0.416 e. The molecule has 4 aromatic carbocycles. The molecule has 0 saturated heterocycles. The van der Waals surface area contributed by atoms with Crippen LogP contribution in [0.1, 0.15) is 28.3 Å². The zero-order chi connectivity index (χ0) is 31.4. The van der Waals surface area contributed by atoms with E-state index in [9.17, 15) is 27.9 Å². The van der Waals surface area contributed by atoms with Gasteiger partial charge in [-0.15, -0.1) is 0 Å². The first-order valence-electron chi connectivity index (χ1n) is 13.4. The summed E-state index contributed by atoms with van der Waals surface area (Å²) in [6.45, 7) is -0.266. The molecule has 1 N–H and O–H groups in total. The third-order valence-corrected chi connectivity index (χ3v) is 8.49. The molecule has 1 aliphatic heterocycles. The summed E-state index contributed by atoms with van der Waals surface area (Å²) in [6.07, 6.45) is -4.80. The van der Waals surface area contributed by atoms with E-state index in [1.54, 1.807) is 54.6 Å². The quantitative estimate of drug-likeness (QED) is 0.185. The van der Waals surface area contributed by atoms with Gasteiger partial charge in [0.05, 0.1) is 22.1 Å². The largest absolute Gasteiger partial charge is 0.480 e. The maximum atomic E-state index is 17.1. The molecule has 1 atom stereocenters. The molecule has 2 heterocycles. The minimum absolute atomic E-state index is 0.0108. The van der Waals surface area contributed by atoms with Crippen LogP contribution in [0, 0.1) is 0 Å². The minimum Gasteiger partial charge on any atom is -0.480 e. The smallest absolute Gasteiger partial charge is 0.416 e. The highest BCUT2D eigenvalue weighted by molar-refractivity contribution is 9.10. The molecule has 5 aromatic rings. The second-order valence-corrected chi connectivity index (χ2v) is 11.3. The van der Waals surface area contributed by atoms with Gasteiger partial charge in [-0.1, -0.05) is 84.9 Å². The normalized spacial score (nSPS) is 15.0. The van der Waals surface area contributed by atoms with Crippen LogP contribution in [-0.2, 0) is 23.4 Å². The van der Waals surface area contributed by atoms with E-state index >= 15 is 8.78 Å². The van der Waals surface area contributed by atoms with Crippen LogP contribution in [0.15, 0.2) is 106 Å². The van der Waals surface area contributed by atoms with Crippen molar-refractivity contribution in [2.75, 3.05) is 11.4 Å². The van der Waals surface area contributed by atoms with Crippen molar-refractivity contribution in [2.24, 2.45) is 0 Å². The van der Waals surface area contributed by atoms with E-state index < -0.39 is 50.8 Å². The predicted octanol–water partition coefficient (Wildman–Crippen LogP) is 8.24. The van der Waals surface area contributed by atoms with Gasteiger partial charge in [-0.05, 0) is 50.0 Å². The van der Waals surface area contributed by atoms with Crippen molar-refractivity contribution in [1.29, 1.82) is 0 Å². The lowest BCUT2D eigenvalue weighted by molar-refractivity contribution is -0.140. The van der Waals surface area contributed by atoms with Crippen LogP contribution in [0.5, 0.6) is 0 Å². The number of nitrogens with zero attached hydrogens (tertiary/aromatic N) is 2. The van der Waals surface area contributed by atoms with Gasteiger partial charge in [0.1, 0.15) is 5.82 Å². The number of halogens is 6. The van der Waals surface area contributed by atoms with Crippen molar-refractivity contribution in [3.8, 4) is 11.1 Å². The van der Waals surface area contributed by atoms with Crippen LogP contribution >= 0.6 is 15.9 Å². The number of alkyl halides is 5. The SMILES string of the molecule is O=C(O)C1CN(Cc2ccccc2)c2c(-c3cccc(C(F)(F)F)c3)c(C(F)(F)c3cccc4ccccc34)c(Br)c(=O)n21. The molecule has 1 aromatic heterocycles. The summed E-state index contributed by atoms with van der Waals surface area (Å²) in [5.41, 5.74) is -3.38. The van der Waals surface area contributed by atoms with Crippen LogP contribution in [-0.4, -0.2) is 22.2 Å². The fourth-order valence-corrected chi connectivity index (χ4v) is 6.45. The van der Waals surface area contributed by atoms with E-state index in [4.69, 9.17) is 0 Å². The standard InChI is InChI=1S/C33H22BrF5N2O3/c34-28-27(32(35,36)24-15-7-11-20-10-4-5-14-23(20)24)26(21-12-6-13-22(16-21)33(37,38)39)29-40(17-19-8-2-1-3-9-19)18-25(31(43)44)41(29)30(28)42/h1-16,25H,17-18H2,(H,43,44). The fourth-order valence-electron chi connectivity index (χ4n) is 5.81. The van der Waals surface area contributed by atoms with Gasteiger partial charge in [0.2, 0.25) is 0 Å². The Morgan fingerprint density at radius 1 is 0.886 bits per heavy atom. The minimum atomic E-state index is -4.80. The Balaban J connectivity index is 1.73. The van der Waals surface area contributed by atoms with E-state index in [1.165, 1.54) is 29.2 Å². The number of aromatic nitrogens is 1. The Kier molecular flexibility index (Phi) is 7.31. The molecule has 44 heavy (non-hydrogen) atoms. The molecule has 1 aliphatic rings. The monoisotopic (exact) mass is 668 g/mol. The van der Waals surface area contributed by atoms with Crippen molar-refractivity contribution >= 4 is 38.5 Å². The summed E-state index contributed by atoms with van der Waals surface area (Å²) >= 11 is 3.05. The molecule has 0 spiro atoms. The molecule has 11 heteroatoms. The highest BCUT2D eigenvalue weighted by Crippen LogP contribution is 2.51. The Morgan fingerprint density at radius 3 is 2.25 bits per heavy atom. The molecule has 1 unspecified atom stereocenters. The first-order valence-corrected chi connectivity index (χ1v) is 14.2. The summed E-state index contributed by atoms with van der Waals surface area (Å²) < 4.78 is 76.1. The summed E-state index contributed by atoms with van der Waals surface area (Å²) in [7, 11) is 0. The Bertz CT molecular complexity index is 1970. The second kappa shape index (κ2) is 10.9. The van der Waals surface area contributed by atoms with Crippen LogP contribution in [0.2, 0.25) is 0 Å². The van der Waals surface area contributed by atoms with E-state index in [-0.39, 0.29) is 35.4 Å². The van der Waals surface area contributed by atoms with Crippen molar-refractivity contribution < 1.29 is 31.9 Å². The maximum absolute atomic E-state index is 17.1. The van der Waals surface area contributed by atoms with Crippen molar-refractivity contribution in [1.82, 2.24) is 4.57 Å². The first-order chi connectivity index (χ1) is 20.9. The number of carbonyl (C=O) groups is 1. The number of anilines is 1. The number of aliphatic carboxylic acids is 1. The van der Waals surface area contributed by atoms with E-state index in [0.29, 0.717) is 10.9 Å². The number of pyridine rings is 1. The molecule has 0 amide bonds.